The van der Waals surface area contributed by atoms with E-state index in [1.54, 1.807) is 0 Å². The van der Waals surface area contributed by atoms with Gasteiger partial charge in [0.05, 0.1) is 0 Å². The van der Waals surface area contributed by atoms with Crippen molar-refractivity contribution in [2.75, 3.05) is 0 Å². The van der Waals surface area contributed by atoms with E-state index in [2.05, 4.69) is 0 Å². The van der Waals surface area contributed by atoms with Gasteiger partial charge in [-0.3, -0.25) is 0 Å². The van der Waals surface area contributed by atoms with Gasteiger partial charge in [-0.25, -0.2) is 0 Å². The van der Waals surface area contributed by atoms with Crippen molar-refractivity contribution < 1.29 is 0 Å². The van der Waals surface area contributed by atoms with Gasteiger partial charge in [0, 0.05) is 10.5 Å². The maximum atomic E-state index is 5.05. The molecule has 0 aromatic carbocycles. The van der Waals surface area contributed by atoms with Crippen LogP contribution in [0.3, 0.4) is 0 Å². The van der Waals surface area contributed by atoms with Gasteiger partial charge in [-0.1, -0.05) is 12.8 Å². The molecule has 8 unspecified atom stereocenters. The zero-order chi connectivity index (χ0) is 12.3. The molecule has 0 aliphatic heterocycles. The molecule has 8 atom stereocenters. The Balaban J connectivity index is 1.43. The fourth-order valence-corrected chi connectivity index (χ4v) is 7.10. The predicted octanol–water partition coefficient (Wildman–Crippen LogP) is 4.46. The highest BCUT2D eigenvalue weighted by atomic mass is 32.1. The fraction of sp³-hybridized carbons (Fsp3) is 1.00. The normalized spacial score (nSPS) is 53.0. The summed E-state index contributed by atoms with van der Waals surface area (Å²) in [5, 5.41) is 1.15. The molecule has 4 fully saturated rings. The van der Waals surface area contributed by atoms with Crippen molar-refractivity contribution in [1.29, 1.82) is 0 Å². The Morgan fingerprint density at radius 2 is 1.06 bits per heavy atom. The second-order valence-corrected chi connectivity index (χ2v) is 8.85. The van der Waals surface area contributed by atoms with Gasteiger partial charge >= 0.3 is 0 Å². The van der Waals surface area contributed by atoms with E-state index in [-0.39, 0.29) is 0 Å². The molecule has 2 heteroatoms. The molecule has 4 rings (SSSR count). The smallest absolute Gasteiger partial charge is 0.0167 e. The van der Waals surface area contributed by atoms with E-state index in [4.69, 9.17) is 25.3 Å². The molecular formula is C16H26S2. The first-order valence-electron chi connectivity index (χ1n) is 8.08. The van der Waals surface area contributed by atoms with Gasteiger partial charge in [0.2, 0.25) is 0 Å². The number of hydrogen-bond acceptors (Lipinski definition) is 2. The quantitative estimate of drug-likeness (QED) is 0.702. The van der Waals surface area contributed by atoms with Crippen LogP contribution in [0.15, 0.2) is 0 Å². The lowest BCUT2D eigenvalue weighted by Gasteiger charge is -2.36. The van der Waals surface area contributed by atoms with Gasteiger partial charge in [0.15, 0.2) is 0 Å². The second-order valence-electron chi connectivity index (χ2n) is 7.66. The van der Waals surface area contributed by atoms with Crippen molar-refractivity contribution in [3.05, 3.63) is 0 Å². The van der Waals surface area contributed by atoms with E-state index in [0.29, 0.717) is 10.5 Å². The third-order valence-corrected chi connectivity index (χ3v) is 8.46. The summed E-state index contributed by atoms with van der Waals surface area (Å²) >= 11 is 10.1. The molecule has 0 nitrogen and oxygen atoms in total. The molecular weight excluding hydrogens is 256 g/mol. The summed E-state index contributed by atoms with van der Waals surface area (Å²) < 4.78 is 0. The van der Waals surface area contributed by atoms with Gasteiger partial charge in [-0.15, -0.1) is 0 Å². The molecule has 18 heavy (non-hydrogen) atoms. The standard InChI is InChI=1S/C16H26S2/c17-15(13-7-9-1-3-11(13)5-9)16(18)14-8-10-2-4-12(14)6-10/h9-18H,1-8H2. The largest absolute Gasteiger partial charge is 0.174 e. The minimum Gasteiger partial charge on any atom is -0.174 e. The molecule has 102 valence electrons. The third kappa shape index (κ3) is 1.89. The lowest BCUT2D eigenvalue weighted by atomic mass is 9.78. The number of hydrogen-bond donors (Lipinski definition) is 2. The van der Waals surface area contributed by atoms with Gasteiger partial charge in [0.25, 0.3) is 0 Å². The first-order valence-corrected chi connectivity index (χ1v) is 9.11. The number of thiol groups is 2. The molecule has 0 aromatic heterocycles. The van der Waals surface area contributed by atoms with Gasteiger partial charge in [0.1, 0.15) is 0 Å². The van der Waals surface area contributed by atoms with Crippen molar-refractivity contribution in [3.8, 4) is 0 Å². The topological polar surface area (TPSA) is 0 Å². The predicted molar refractivity (Wildman–Crippen MR) is 83.4 cm³/mol. The van der Waals surface area contributed by atoms with Crippen molar-refractivity contribution in [2.24, 2.45) is 35.5 Å². The van der Waals surface area contributed by atoms with Gasteiger partial charge < -0.3 is 0 Å². The Bertz CT molecular complexity index is 297. The van der Waals surface area contributed by atoms with Crippen LogP contribution in [-0.2, 0) is 0 Å². The Morgan fingerprint density at radius 1 is 0.611 bits per heavy atom. The Labute approximate surface area is 123 Å². The summed E-state index contributed by atoms with van der Waals surface area (Å²) in [5.74, 6) is 5.91. The average Bonchev–Trinajstić information content (AvgIpc) is 3.14. The first-order chi connectivity index (χ1) is 8.72. The summed E-state index contributed by atoms with van der Waals surface area (Å²) in [5.41, 5.74) is 0. The summed E-state index contributed by atoms with van der Waals surface area (Å²) in [6.07, 6.45) is 12.0. The first kappa shape index (κ1) is 12.4. The van der Waals surface area contributed by atoms with Crippen LogP contribution in [0.4, 0.5) is 0 Å². The minimum absolute atomic E-state index is 0.577. The monoisotopic (exact) mass is 282 g/mol. The van der Waals surface area contributed by atoms with E-state index >= 15 is 0 Å². The van der Waals surface area contributed by atoms with Crippen molar-refractivity contribution >= 4 is 25.3 Å². The highest BCUT2D eigenvalue weighted by Gasteiger charge is 2.48. The van der Waals surface area contributed by atoms with E-state index in [1.165, 1.54) is 51.4 Å². The molecule has 0 heterocycles. The van der Waals surface area contributed by atoms with Gasteiger partial charge in [-0.2, -0.15) is 25.3 Å². The SMILES string of the molecule is SC(C(S)C1CC2CCC1C2)C1CC2CCC1C2. The van der Waals surface area contributed by atoms with Crippen molar-refractivity contribution in [2.45, 2.75) is 61.9 Å². The average molecular weight is 283 g/mol. The summed E-state index contributed by atoms with van der Waals surface area (Å²) in [6.45, 7) is 0. The van der Waals surface area contributed by atoms with E-state index in [1.807, 2.05) is 0 Å². The summed E-state index contributed by atoms with van der Waals surface area (Å²) in [7, 11) is 0. The van der Waals surface area contributed by atoms with Crippen LogP contribution < -0.4 is 0 Å². The van der Waals surface area contributed by atoms with Crippen LogP contribution in [0.25, 0.3) is 0 Å². The molecule has 0 saturated heterocycles. The molecule has 4 saturated carbocycles. The Hall–Kier alpha value is 0.700. The van der Waals surface area contributed by atoms with Gasteiger partial charge in [-0.05, 0) is 74.0 Å². The maximum Gasteiger partial charge on any atom is 0.0167 e. The Kier molecular flexibility index (Phi) is 3.19. The lowest BCUT2D eigenvalue weighted by Crippen LogP contribution is -2.36. The van der Waals surface area contributed by atoms with Crippen LogP contribution >= 0.6 is 25.3 Å². The molecule has 0 amide bonds. The van der Waals surface area contributed by atoms with Crippen LogP contribution in [0.5, 0.6) is 0 Å². The molecule has 0 N–H and O–H groups in total. The number of fused-ring (bicyclic) bond motifs is 4. The minimum atomic E-state index is 0.577. The third-order valence-electron chi connectivity index (χ3n) is 6.81. The number of rotatable bonds is 3. The lowest BCUT2D eigenvalue weighted by molar-refractivity contribution is 0.265. The zero-order valence-corrected chi connectivity index (χ0v) is 13.0. The van der Waals surface area contributed by atoms with E-state index in [9.17, 15) is 0 Å². The van der Waals surface area contributed by atoms with Crippen molar-refractivity contribution in [3.63, 3.8) is 0 Å². The molecule has 4 aliphatic rings. The molecule has 4 bridgehead atoms. The summed E-state index contributed by atoms with van der Waals surface area (Å²) in [6, 6.07) is 0. The van der Waals surface area contributed by atoms with Crippen molar-refractivity contribution in [1.82, 2.24) is 0 Å². The molecule has 0 spiro atoms. The van der Waals surface area contributed by atoms with Crippen LogP contribution in [0.2, 0.25) is 0 Å². The fourth-order valence-electron chi connectivity index (χ4n) is 5.93. The van der Waals surface area contributed by atoms with Crippen LogP contribution in [-0.4, -0.2) is 10.5 Å². The van der Waals surface area contributed by atoms with Crippen LogP contribution in [0.1, 0.15) is 51.4 Å². The maximum absolute atomic E-state index is 5.05. The Morgan fingerprint density at radius 3 is 1.33 bits per heavy atom. The van der Waals surface area contributed by atoms with E-state index in [0.717, 1.165) is 35.5 Å². The van der Waals surface area contributed by atoms with E-state index < -0.39 is 0 Å². The highest BCUT2D eigenvalue weighted by Crippen LogP contribution is 2.55. The zero-order valence-electron chi connectivity index (χ0n) is 11.2. The molecule has 0 aromatic rings. The summed E-state index contributed by atoms with van der Waals surface area (Å²) in [4.78, 5) is 0. The second kappa shape index (κ2) is 4.62. The highest BCUT2D eigenvalue weighted by molar-refractivity contribution is 7.85. The molecule has 0 radical (unpaired) electrons. The molecule has 4 aliphatic carbocycles. The van der Waals surface area contributed by atoms with Crippen LogP contribution in [0, 0.1) is 35.5 Å².